The zero-order valence-electron chi connectivity index (χ0n) is 9.99. The van der Waals surface area contributed by atoms with E-state index in [4.69, 9.17) is 5.73 Å². The Morgan fingerprint density at radius 2 is 2.28 bits per heavy atom. The van der Waals surface area contributed by atoms with Crippen LogP contribution in [0.2, 0.25) is 0 Å². The number of β-amino-alcohol motifs (C(OH)–C–C–N with tert-alkyl or cyclic N) is 1. The number of sulfonamides is 1. The lowest BCUT2D eigenvalue weighted by Crippen LogP contribution is -2.42. The molecule has 18 heavy (non-hydrogen) atoms. The van der Waals surface area contributed by atoms with E-state index in [9.17, 15) is 13.5 Å². The molecule has 100 valence electrons. The molecule has 0 aromatic carbocycles. The van der Waals surface area contributed by atoms with E-state index in [2.05, 4.69) is 4.98 Å². The third-order valence-electron chi connectivity index (χ3n) is 3.00. The number of aliphatic hydroxyl groups excluding tert-OH is 1. The van der Waals surface area contributed by atoms with Crippen molar-refractivity contribution >= 4 is 10.0 Å². The fourth-order valence-electron chi connectivity index (χ4n) is 1.97. The average Bonchev–Trinajstić information content (AvgIpc) is 2.39. The van der Waals surface area contributed by atoms with Gasteiger partial charge in [0.25, 0.3) is 0 Å². The summed E-state index contributed by atoms with van der Waals surface area (Å²) in [6.45, 7) is 0.877. The maximum Gasteiger partial charge on any atom is 0.244 e. The summed E-state index contributed by atoms with van der Waals surface area (Å²) in [6.07, 6.45) is 2.06. The van der Waals surface area contributed by atoms with Gasteiger partial charge in [-0.25, -0.2) is 8.42 Å². The Hall–Kier alpha value is -1.02. The fourth-order valence-corrected chi connectivity index (χ4v) is 3.43. The summed E-state index contributed by atoms with van der Waals surface area (Å²) in [5, 5.41) is 9.53. The Balaban J connectivity index is 2.23. The Bertz CT molecular complexity index is 501. The normalized spacial score (nSPS) is 22.0. The lowest BCUT2D eigenvalue weighted by molar-refractivity contribution is 0.108. The molecule has 2 heterocycles. The van der Waals surface area contributed by atoms with Crippen LogP contribution in [0.15, 0.2) is 23.2 Å². The van der Waals surface area contributed by atoms with Crippen molar-refractivity contribution in [3.63, 3.8) is 0 Å². The van der Waals surface area contributed by atoms with Crippen LogP contribution >= 0.6 is 0 Å². The Morgan fingerprint density at radius 3 is 2.83 bits per heavy atom. The van der Waals surface area contributed by atoms with E-state index >= 15 is 0 Å². The van der Waals surface area contributed by atoms with Crippen LogP contribution in [-0.4, -0.2) is 42.0 Å². The molecular weight excluding hydrogens is 254 g/mol. The van der Waals surface area contributed by atoms with Gasteiger partial charge in [0.15, 0.2) is 0 Å². The van der Waals surface area contributed by atoms with Gasteiger partial charge in [-0.15, -0.1) is 0 Å². The minimum Gasteiger partial charge on any atom is -0.392 e. The minimum atomic E-state index is -3.55. The highest BCUT2D eigenvalue weighted by molar-refractivity contribution is 7.89. The van der Waals surface area contributed by atoms with Crippen LogP contribution in [0.25, 0.3) is 0 Å². The van der Waals surface area contributed by atoms with Crippen LogP contribution in [-0.2, 0) is 16.6 Å². The molecule has 1 atom stereocenters. The van der Waals surface area contributed by atoms with E-state index in [0.717, 1.165) is 0 Å². The molecule has 1 unspecified atom stereocenters. The van der Waals surface area contributed by atoms with Crippen molar-refractivity contribution in [1.29, 1.82) is 0 Å². The monoisotopic (exact) mass is 271 g/mol. The average molecular weight is 271 g/mol. The third kappa shape index (κ3) is 2.69. The van der Waals surface area contributed by atoms with E-state index in [0.29, 0.717) is 25.1 Å². The second-order valence-electron chi connectivity index (χ2n) is 4.35. The molecule has 0 amide bonds. The maximum atomic E-state index is 12.3. The summed E-state index contributed by atoms with van der Waals surface area (Å²) < 4.78 is 25.9. The summed E-state index contributed by atoms with van der Waals surface area (Å²) in [5.41, 5.74) is 6.06. The Kier molecular flexibility index (Phi) is 3.96. The molecule has 1 saturated heterocycles. The topological polar surface area (TPSA) is 96.5 Å². The van der Waals surface area contributed by atoms with Crippen molar-refractivity contribution in [3.05, 3.63) is 24.0 Å². The van der Waals surface area contributed by atoms with Gasteiger partial charge >= 0.3 is 0 Å². The number of pyridine rings is 1. The molecule has 0 saturated carbocycles. The van der Waals surface area contributed by atoms with Gasteiger partial charge in [0.1, 0.15) is 4.90 Å². The van der Waals surface area contributed by atoms with Gasteiger partial charge in [0.2, 0.25) is 10.0 Å². The van der Waals surface area contributed by atoms with Crippen molar-refractivity contribution in [1.82, 2.24) is 9.29 Å². The smallest absolute Gasteiger partial charge is 0.244 e. The van der Waals surface area contributed by atoms with Gasteiger partial charge in [-0.05, 0) is 25.0 Å². The number of hydrogen-bond donors (Lipinski definition) is 2. The zero-order valence-corrected chi connectivity index (χ0v) is 10.8. The highest BCUT2D eigenvalue weighted by atomic mass is 32.2. The first-order chi connectivity index (χ1) is 8.54. The molecule has 1 aliphatic rings. The number of hydrogen-bond acceptors (Lipinski definition) is 5. The third-order valence-corrected chi connectivity index (χ3v) is 4.85. The van der Waals surface area contributed by atoms with Crippen molar-refractivity contribution < 1.29 is 13.5 Å². The number of aromatic nitrogens is 1. The fraction of sp³-hybridized carbons (Fsp3) is 0.545. The minimum absolute atomic E-state index is 0.147. The van der Waals surface area contributed by atoms with Gasteiger partial charge < -0.3 is 10.8 Å². The molecule has 2 rings (SSSR count). The summed E-state index contributed by atoms with van der Waals surface area (Å²) in [5.74, 6) is 0. The number of nitrogens with two attached hydrogens (primary N) is 1. The molecule has 0 aliphatic carbocycles. The van der Waals surface area contributed by atoms with Gasteiger partial charge in [0, 0.05) is 25.8 Å². The maximum absolute atomic E-state index is 12.3. The van der Waals surface area contributed by atoms with Crippen molar-refractivity contribution in [3.8, 4) is 0 Å². The molecule has 1 fully saturated rings. The molecule has 7 heteroatoms. The molecule has 3 N–H and O–H groups in total. The summed E-state index contributed by atoms with van der Waals surface area (Å²) >= 11 is 0. The van der Waals surface area contributed by atoms with Crippen LogP contribution in [0.3, 0.4) is 0 Å². The van der Waals surface area contributed by atoms with Gasteiger partial charge in [-0.1, -0.05) is 0 Å². The van der Waals surface area contributed by atoms with E-state index in [1.807, 2.05) is 0 Å². The van der Waals surface area contributed by atoms with Gasteiger partial charge in [0.05, 0.1) is 11.8 Å². The molecule has 0 spiro atoms. The molecule has 1 aliphatic heterocycles. The number of rotatable bonds is 3. The number of aliphatic hydroxyl groups is 1. The van der Waals surface area contributed by atoms with Crippen LogP contribution in [0.1, 0.15) is 18.5 Å². The van der Waals surface area contributed by atoms with E-state index in [1.165, 1.54) is 16.6 Å². The summed E-state index contributed by atoms with van der Waals surface area (Å²) in [7, 11) is -3.55. The Morgan fingerprint density at radius 1 is 1.50 bits per heavy atom. The van der Waals surface area contributed by atoms with Crippen molar-refractivity contribution in [2.45, 2.75) is 30.4 Å². The van der Waals surface area contributed by atoms with Crippen LogP contribution in [0.4, 0.5) is 0 Å². The quantitative estimate of drug-likeness (QED) is 0.786. The second-order valence-corrected chi connectivity index (χ2v) is 6.29. The SMILES string of the molecule is NCc1ccc(S(=O)(=O)N2CCCC(O)C2)cn1. The lowest BCUT2D eigenvalue weighted by atomic mass is 10.1. The predicted octanol–water partition coefficient (Wildman–Crippen LogP) is -0.314. The summed E-state index contributed by atoms with van der Waals surface area (Å²) in [6, 6.07) is 3.11. The second kappa shape index (κ2) is 5.31. The van der Waals surface area contributed by atoms with E-state index in [-0.39, 0.29) is 18.0 Å². The molecule has 0 radical (unpaired) electrons. The predicted molar refractivity (Wildman–Crippen MR) is 66.1 cm³/mol. The van der Waals surface area contributed by atoms with E-state index < -0.39 is 16.1 Å². The Labute approximate surface area is 106 Å². The first-order valence-corrected chi connectivity index (χ1v) is 7.31. The highest BCUT2D eigenvalue weighted by Gasteiger charge is 2.29. The standard InChI is InChI=1S/C11H17N3O3S/c12-6-9-3-4-11(7-13-9)18(16,17)14-5-1-2-10(15)8-14/h3-4,7,10,15H,1-2,5-6,8,12H2. The lowest BCUT2D eigenvalue weighted by Gasteiger charge is -2.29. The van der Waals surface area contributed by atoms with Gasteiger partial charge in [-0.3, -0.25) is 4.98 Å². The molecule has 0 bridgehead atoms. The van der Waals surface area contributed by atoms with Crippen LogP contribution in [0, 0.1) is 0 Å². The number of nitrogens with zero attached hydrogens (tertiary/aromatic N) is 2. The molecule has 6 nitrogen and oxygen atoms in total. The first-order valence-electron chi connectivity index (χ1n) is 5.87. The highest BCUT2D eigenvalue weighted by Crippen LogP contribution is 2.20. The zero-order chi connectivity index (χ0) is 13.2. The largest absolute Gasteiger partial charge is 0.392 e. The van der Waals surface area contributed by atoms with Crippen LogP contribution < -0.4 is 5.73 Å². The molecule has 1 aromatic rings. The van der Waals surface area contributed by atoms with Crippen molar-refractivity contribution in [2.75, 3.05) is 13.1 Å². The summed E-state index contributed by atoms with van der Waals surface area (Å²) in [4.78, 5) is 4.13. The molecular formula is C11H17N3O3S. The van der Waals surface area contributed by atoms with E-state index in [1.54, 1.807) is 6.07 Å². The van der Waals surface area contributed by atoms with Crippen molar-refractivity contribution in [2.24, 2.45) is 5.73 Å². The molecule has 1 aromatic heterocycles. The number of piperidine rings is 1. The van der Waals surface area contributed by atoms with Crippen LogP contribution in [0.5, 0.6) is 0 Å². The van der Waals surface area contributed by atoms with Gasteiger partial charge in [-0.2, -0.15) is 4.31 Å². The first kappa shape index (κ1) is 13.4.